The molecule has 0 amide bonds. The van der Waals surface area contributed by atoms with Gasteiger partial charge >= 0.3 is 0 Å². The molecule has 0 radical (unpaired) electrons. The quantitative estimate of drug-likeness (QED) is 0.671. The van der Waals surface area contributed by atoms with Gasteiger partial charge in [0.2, 0.25) is 0 Å². The third-order valence-electron chi connectivity index (χ3n) is 2.16. The molecule has 0 bridgehead atoms. The van der Waals surface area contributed by atoms with Crippen molar-refractivity contribution in [3.05, 3.63) is 29.3 Å². The maximum atomic E-state index is 5.32. The first-order chi connectivity index (χ1) is 6.77. The van der Waals surface area contributed by atoms with Crippen LogP contribution in [0.25, 0.3) is 0 Å². The average molecular weight is 194 g/mol. The van der Waals surface area contributed by atoms with Crippen molar-refractivity contribution in [2.24, 2.45) is 0 Å². The molecule has 0 aliphatic rings. The molecule has 0 aliphatic heterocycles. The highest BCUT2D eigenvalue weighted by Crippen LogP contribution is 2.19. The summed E-state index contributed by atoms with van der Waals surface area (Å²) in [7, 11) is 1.70. The Morgan fingerprint density at radius 2 is 2.07 bits per heavy atom. The van der Waals surface area contributed by atoms with Crippen LogP contribution in [-0.2, 0) is 11.2 Å². The minimum atomic E-state index is 0.760. The molecule has 0 N–H and O–H groups in total. The molecular weight excluding hydrogens is 176 g/mol. The minimum absolute atomic E-state index is 0.760. The Morgan fingerprint density at radius 3 is 2.71 bits per heavy atom. The van der Waals surface area contributed by atoms with Crippen LogP contribution in [-0.4, -0.2) is 20.3 Å². The second-order valence-corrected chi connectivity index (χ2v) is 3.26. The van der Waals surface area contributed by atoms with Crippen LogP contribution in [0.2, 0.25) is 0 Å². The van der Waals surface area contributed by atoms with Gasteiger partial charge < -0.3 is 9.47 Å². The van der Waals surface area contributed by atoms with E-state index >= 15 is 0 Å². The van der Waals surface area contributed by atoms with E-state index in [-0.39, 0.29) is 0 Å². The van der Waals surface area contributed by atoms with E-state index in [4.69, 9.17) is 9.47 Å². The number of benzene rings is 1. The maximum Gasteiger partial charge on any atom is 0.122 e. The number of hydrogen-bond acceptors (Lipinski definition) is 2. The predicted octanol–water partition coefficient (Wildman–Crippen LogP) is 2.58. The number of hydrogen-bond donors (Lipinski definition) is 0. The van der Waals surface area contributed by atoms with Gasteiger partial charge in [-0.25, -0.2) is 0 Å². The maximum absolute atomic E-state index is 5.32. The third kappa shape index (κ3) is 3.04. The fourth-order valence-corrected chi connectivity index (χ4v) is 1.43. The van der Waals surface area contributed by atoms with Crippen LogP contribution in [0.15, 0.2) is 18.2 Å². The number of rotatable bonds is 5. The summed E-state index contributed by atoms with van der Waals surface area (Å²) in [5.41, 5.74) is 2.48. The molecule has 0 spiro atoms. The molecule has 0 unspecified atom stereocenters. The van der Waals surface area contributed by atoms with Gasteiger partial charge in [-0.3, -0.25) is 0 Å². The molecule has 0 fully saturated rings. The zero-order chi connectivity index (χ0) is 10.4. The summed E-state index contributed by atoms with van der Waals surface area (Å²) in [6.07, 6.45) is 0.915. The molecule has 2 heteroatoms. The SMILES string of the molecule is CCOCCc1cc(C)ccc1OC. The summed E-state index contributed by atoms with van der Waals surface area (Å²) < 4.78 is 10.6. The summed E-state index contributed by atoms with van der Waals surface area (Å²) in [5, 5.41) is 0. The van der Waals surface area contributed by atoms with Crippen molar-refractivity contribution in [3.63, 3.8) is 0 Å². The predicted molar refractivity (Wildman–Crippen MR) is 57.9 cm³/mol. The molecule has 14 heavy (non-hydrogen) atoms. The van der Waals surface area contributed by atoms with E-state index in [1.807, 2.05) is 13.0 Å². The smallest absolute Gasteiger partial charge is 0.122 e. The molecule has 0 heterocycles. The fraction of sp³-hybridized carbons (Fsp3) is 0.500. The van der Waals surface area contributed by atoms with Gasteiger partial charge in [-0.05, 0) is 31.9 Å². The van der Waals surface area contributed by atoms with E-state index < -0.39 is 0 Å². The second-order valence-electron chi connectivity index (χ2n) is 3.26. The largest absolute Gasteiger partial charge is 0.496 e. The molecule has 0 saturated heterocycles. The minimum Gasteiger partial charge on any atom is -0.496 e. The summed E-state index contributed by atoms with van der Waals surface area (Å²) in [4.78, 5) is 0. The summed E-state index contributed by atoms with van der Waals surface area (Å²) >= 11 is 0. The zero-order valence-corrected chi connectivity index (χ0v) is 9.17. The van der Waals surface area contributed by atoms with E-state index in [9.17, 15) is 0 Å². The number of aryl methyl sites for hydroxylation is 1. The van der Waals surface area contributed by atoms with Crippen molar-refractivity contribution in [2.75, 3.05) is 20.3 Å². The van der Waals surface area contributed by atoms with Crippen LogP contribution in [0.3, 0.4) is 0 Å². The highest BCUT2D eigenvalue weighted by Gasteiger charge is 2.02. The van der Waals surface area contributed by atoms with Crippen LogP contribution in [0, 0.1) is 6.92 Å². The first-order valence-corrected chi connectivity index (χ1v) is 4.99. The van der Waals surface area contributed by atoms with Crippen LogP contribution >= 0.6 is 0 Å². The summed E-state index contributed by atoms with van der Waals surface area (Å²) in [5.74, 6) is 0.954. The molecule has 1 rings (SSSR count). The van der Waals surface area contributed by atoms with Crippen LogP contribution in [0.5, 0.6) is 5.75 Å². The zero-order valence-electron chi connectivity index (χ0n) is 9.17. The van der Waals surface area contributed by atoms with Gasteiger partial charge in [-0.2, -0.15) is 0 Å². The van der Waals surface area contributed by atoms with Crippen molar-refractivity contribution in [1.82, 2.24) is 0 Å². The number of methoxy groups -OCH3 is 1. The van der Waals surface area contributed by atoms with Crippen molar-refractivity contribution >= 4 is 0 Å². The Balaban J connectivity index is 2.67. The second kappa shape index (κ2) is 5.66. The lowest BCUT2D eigenvalue weighted by atomic mass is 10.1. The fourth-order valence-electron chi connectivity index (χ4n) is 1.43. The third-order valence-corrected chi connectivity index (χ3v) is 2.16. The highest BCUT2D eigenvalue weighted by atomic mass is 16.5. The van der Waals surface area contributed by atoms with Crippen molar-refractivity contribution in [2.45, 2.75) is 20.3 Å². The summed E-state index contributed by atoms with van der Waals surface area (Å²) in [6, 6.07) is 6.22. The van der Waals surface area contributed by atoms with E-state index in [1.54, 1.807) is 7.11 Å². The molecule has 78 valence electrons. The Bertz CT molecular complexity index is 282. The lowest BCUT2D eigenvalue weighted by Crippen LogP contribution is -2.00. The van der Waals surface area contributed by atoms with Crippen LogP contribution in [0.4, 0.5) is 0 Å². The van der Waals surface area contributed by atoms with Gasteiger partial charge in [-0.1, -0.05) is 17.7 Å². The first kappa shape index (κ1) is 11.1. The highest BCUT2D eigenvalue weighted by molar-refractivity contribution is 5.36. The standard InChI is InChI=1S/C12H18O2/c1-4-14-8-7-11-9-10(2)5-6-12(11)13-3/h5-6,9H,4,7-8H2,1-3H3. The van der Waals surface area contributed by atoms with E-state index in [2.05, 4.69) is 19.1 Å². The van der Waals surface area contributed by atoms with Gasteiger partial charge in [-0.15, -0.1) is 0 Å². The molecular formula is C12H18O2. The Kier molecular flexibility index (Phi) is 4.47. The summed E-state index contributed by atoms with van der Waals surface area (Å²) in [6.45, 7) is 5.63. The van der Waals surface area contributed by atoms with Gasteiger partial charge in [0.15, 0.2) is 0 Å². The van der Waals surface area contributed by atoms with E-state index in [1.165, 1.54) is 11.1 Å². The average Bonchev–Trinajstić information content (AvgIpc) is 2.19. The van der Waals surface area contributed by atoms with E-state index in [0.29, 0.717) is 0 Å². The Morgan fingerprint density at radius 1 is 1.29 bits per heavy atom. The number of ether oxygens (including phenoxy) is 2. The normalized spacial score (nSPS) is 10.2. The molecule has 1 aromatic carbocycles. The van der Waals surface area contributed by atoms with Crippen LogP contribution < -0.4 is 4.74 Å². The monoisotopic (exact) mass is 194 g/mol. The van der Waals surface area contributed by atoms with Crippen molar-refractivity contribution in [3.8, 4) is 5.75 Å². The van der Waals surface area contributed by atoms with Crippen molar-refractivity contribution < 1.29 is 9.47 Å². The Hall–Kier alpha value is -1.02. The van der Waals surface area contributed by atoms with Gasteiger partial charge in [0, 0.05) is 6.61 Å². The van der Waals surface area contributed by atoms with Crippen LogP contribution in [0.1, 0.15) is 18.1 Å². The molecule has 0 aliphatic carbocycles. The molecule has 1 aromatic rings. The van der Waals surface area contributed by atoms with Gasteiger partial charge in [0.25, 0.3) is 0 Å². The molecule has 0 atom stereocenters. The van der Waals surface area contributed by atoms with Crippen molar-refractivity contribution in [1.29, 1.82) is 0 Å². The van der Waals surface area contributed by atoms with Gasteiger partial charge in [0.1, 0.15) is 5.75 Å². The lowest BCUT2D eigenvalue weighted by molar-refractivity contribution is 0.150. The van der Waals surface area contributed by atoms with E-state index in [0.717, 1.165) is 25.4 Å². The molecule has 0 saturated carbocycles. The molecule has 0 aromatic heterocycles. The van der Waals surface area contributed by atoms with Gasteiger partial charge in [0.05, 0.1) is 13.7 Å². The lowest BCUT2D eigenvalue weighted by Gasteiger charge is -2.09. The topological polar surface area (TPSA) is 18.5 Å². The molecule has 2 nitrogen and oxygen atoms in total. The first-order valence-electron chi connectivity index (χ1n) is 4.99. The Labute approximate surface area is 85.8 Å².